The lowest BCUT2D eigenvalue weighted by Crippen LogP contribution is -2.36. The molecule has 1 aliphatic heterocycles. The van der Waals surface area contributed by atoms with Crippen LogP contribution in [0, 0.1) is 0 Å². The number of rotatable bonds is 7. The summed E-state index contributed by atoms with van der Waals surface area (Å²) in [4.78, 5) is 51.3. The maximum atomic E-state index is 12.9. The molecule has 0 aromatic heterocycles. The predicted octanol–water partition coefficient (Wildman–Crippen LogP) is 6.01. The Bertz CT molecular complexity index is 1430. The zero-order valence-electron chi connectivity index (χ0n) is 19.2. The fraction of sp³-hybridized carbons (Fsp3) is 0.0769. The molecule has 1 N–H and O–H groups in total. The Labute approximate surface area is 229 Å². The number of carbonyl (C=O) groups is 4. The van der Waals surface area contributed by atoms with Gasteiger partial charge in [0.1, 0.15) is 6.54 Å². The van der Waals surface area contributed by atoms with Crippen LogP contribution in [0.3, 0.4) is 0 Å². The molecule has 1 saturated heterocycles. The molecule has 0 saturated carbocycles. The molecule has 4 rings (SSSR count). The second-order valence-corrected chi connectivity index (χ2v) is 9.84. The van der Waals surface area contributed by atoms with Crippen molar-refractivity contribution < 1.29 is 28.7 Å². The fourth-order valence-corrected chi connectivity index (χ4v) is 4.94. The fourth-order valence-electron chi connectivity index (χ4n) is 3.35. The largest absolute Gasteiger partial charge is 0.493 e. The second-order valence-electron chi connectivity index (χ2n) is 7.59. The van der Waals surface area contributed by atoms with E-state index in [2.05, 4.69) is 21.2 Å². The number of hydrogen-bond acceptors (Lipinski definition) is 7. The minimum absolute atomic E-state index is 0.121. The number of benzene rings is 3. The summed E-state index contributed by atoms with van der Waals surface area (Å²) in [5, 5.41) is 2.33. The lowest BCUT2D eigenvalue weighted by molar-refractivity contribution is -0.127. The van der Waals surface area contributed by atoms with E-state index in [1.54, 1.807) is 60.7 Å². The van der Waals surface area contributed by atoms with Gasteiger partial charge in [-0.15, -0.1) is 0 Å². The van der Waals surface area contributed by atoms with Gasteiger partial charge in [0, 0.05) is 5.69 Å². The van der Waals surface area contributed by atoms with Gasteiger partial charge in [0.05, 0.1) is 27.1 Å². The van der Waals surface area contributed by atoms with Crippen LogP contribution in [0.5, 0.6) is 11.5 Å². The van der Waals surface area contributed by atoms with Crippen LogP contribution in [0.1, 0.15) is 15.9 Å². The highest BCUT2D eigenvalue weighted by Crippen LogP contribution is 2.39. The van der Waals surface area contributed by atoms with Gasteiger partial charge < -0.3 is 14.8 Å². The molecule has 188 valence electrons. The zero-order valence-corrected chi connectivity index (χ0v) is 22.4. The lowest BCUT2D eigenvalue weighted by Gasteiger charge is -2.13. The third-order valence-corrected chi connectivity index (χ3v) is 6.90. The third-order valence-electron chi connectivity index (χ3n) is 5.07. The molecule has 37 heavy (non-hydrogen) atoms. The summed E-state index contributed by atoms with van der Waals surface area (Å²) in [5.74, 6) is -1.43. The van der Waals surface area contributed by atoms with Crippen molar-refractivity contribution in [3.63, 3.8) is 0 Å². The topological polar surface area (TPSA) is 102 Å². The van der Waals surface area contributed by atoms with E-state index in [9.17, 15) is 19.2 Å². The molecule has 3 aromatic carbocycles. The minimum Gasteiger partial charge on any atom is -0.493 e. The van der Waals surface area contributed by atoms with Gasteiger partial charge in [0.15, 0.2) is 11.5 Å². The van der Waals surface area contributed by atoms with Gasteiger partial charge in [-0.2, -0.15) is 0 Å². The molecule has 0 unspecified atom stereocenters. The quantitative estimate of drug-likeness (QED) is 0.201. The number of imide groups is 1. The Balaban J connectivity index is 1.51. The van der Waals surface area contributed by atoms with Crippen LogP contribution >= 0.6 is 39.3 Å². The van der Waals surface area contributed by atoms with E-state index in [0.717, 1.165) is 16.7 Å². The summed E-state index contributed by atoms with van der Waals surface area (Å²) in [7, 11) is 1.40. The van der Waals surface area contributed by atoms with Gasteiger partial charge >= 0.3 is 5.97 Å². The van der Waals surface area contributed by atoms with Gasteiger partial charge in [0.2, 0.25) is 5.91 Å². The average molecular weight is 602 g/mol. The molecule has 0 aliphatic carbocycles. The average Bonchev–Trinajstić information content (AvgIpc) is 3.13. The molecular formula is C26H18BrClN2O6S. The van der Waals surface area contributed by atoms with Crippen LogP contribution in [-0.4, -0.2) is 41.6 Å². The van der Waals surface area contributed by atoms with E-state index in [1.165, 1.54) is 19.3 Å². The van der Waals surface area contributed by atoms with Crippen LogP contribution in [0.25, 0.3) is 6.08 Å². The summed E-state index contributed by atoms with van der Waals surface area (Å²) in [6.45, 7) is -0.416. The molecule has 0 atom stereocenters. The van der Waals surface area contributed by atoms with E-state index >= 15 is 0 Å². The number of ether oxygens (including phenoxy) is 2. The number of nitrogens with zero attached hydrogens (tertiary/aromatic N) is 1. The molecule has 11 heteroatoms. The first-order valence-corrected chi connectivity index (χ1v) is 12.7. The standard InChI is InChI=1S/C26H18BrClN2O6S/c1-35-20-12-15(11-18(27)23(20)36-25(33)17-9-5-6-10-19(17)28)13-21-24(32)30(26(34)37-21)14-22(31)29-16-7-3-2-4-8-16/h2-13H,14H2,1H3,(H,29,31)/b21-13-. The zero-order chi connectivity index (χ0) is 26.5. The van der Waals surface area contributed by atoms with E-state index in [4.69, 9.17) is 21.1 Å². The smallest absolute Gasteiger partial charge is 0.345 e. The number of amides is 3. The maximum Gasteiger partial charge on any atom is 0.345 e. The SMILES string of the molecule is COc1cc(/C=C2\SC(=O)N(CC(=O)Nc3ccccc3)C2=O)cc(Br)c1OC(=O)c1ccccc1Cl. The number of carbonyl (C=O) groups excluding carboxylic acids is 4. The van der Waals surface area contributed by atoms with Gasteiger partial charge in [0.25, 0.3) is 11.1 Å². The molecule has 0 bridgehead atoms. The number of nitrogens with one attached hydrogen (secondary N) is 1. The molecular weight excluding hydrogens is 584 g/mol. The number of thioether (sulfide) groups is 1. The number of para-hydroxylation sites is 1. The highest BCUT2D eigenvalue weighted by atomic mass is 79.9. The number of anilines is 1. The second kappa shape index (κ2) is 11.6. The molecule has 1 heterocycles. The first-order valence-electron chi connectivity index (χ1n) is 10.7. The number of methoxy groups -OCH3 is 1. The number of esters is 1. The van der Waals surface area contributed by atoms with Crippen molar-refractivity contribution in [2.45, 2.75) is 0 Å². The van der Waals surface area contributed by atoms with Gasteiger partial charge in [-0.3, -0.25) is 19.3 Å². The van der Waals surface area contributed by atoms with Crippen LogP contribution in [0.4, 0.5) is 10.5 Å². The Morgan fingerprint density at radius 2 is 1.78 bits per heavy atom. The van der Waals surface area contributed by atoms with Gasteiger partial charge in [-0.1, -0.05) is 41.9 Å². The maximum absolute atomic E-state index is 12.9. The van der Waals surface area contributed by atoms with Gasteiger partial charge in [-0.05, 0) is 75.7 Å². The molecule has 0 radical (unpaired) electrons. The molecule has 3 aromatic rings. The van der Waals surface area contributed by atoms with E-state index < -0.39 is 29.6 Å². The summed E-state index contributed by atoms with van der Waals surface area (Å²) in [6, 6.07) is 18.4. The predicted molar refractivity (Wildman–Crippen MR) is 145 cm³/mol. The van der Waals surface area contributed by atoms with Crippen molar-refractivity contribution in [1.29, 1.82) is 0 Å². The Hall–Kier alpha value is -3.60. The van der Waals surface area contributed by atoms with Crippen molar-refractivity contribution in [2.75, 3.05) is 19.0 Å². The lowest BCUT2D eigenvalue weighted by atomic mass is 10.1. The first kappa shape index (κ1) is 26.5. The third kappa shape index (κ3) is 6.22. The normalized spacial score (nSPS) is 14.1. The monoisotopic (exact) mass is 600 g/mol. The highest BCUT2D eigenvalue weighted by Gasteiger charge is 2.36. The molecule has 1 fully saturated rings. The highest BCUT2D eigenvalue weighted by molar-refractivity contribution is 9.10. The van der Waals surface area contributed by atoms with Crippen LogP contribution in [0.15, 0.2) is 76.1 Å². The number of hydrogen-bond donors (Lipinski definition) is 1. The molecule has 0 spiro atoms. The van der Waals surface area contributed by atoms with Crippen molar-refractivity contribution in [3.8, 4) is 11.5 Å². The van der Waals surface area contributed by atoms with E-state index in [1.807, 2.05) is 0 Å². The van der Waals surface area contributed by atoms with Crippen LogP contribution in [-0.2, 0) is 9.59 Å². The van der Waals surface area contributed by atoms with Crippen LogP contribution < -0.4 is 14.8 Å². The minimum atomic E-state index is -0.674. The van der Waals surface area contributed by atoms with E-state index in [0.29, 0.717) is 15.7 Å². The van der Waals surface area contributed by atoms with Gasteiger partial charge in [-0.25, -0.2) is 4.79 Å². The van der Waals surface area contributed by atoms with E-state index in [-0.39, 0.29) is 27.0 Å². The van der Waals surface area contributed by atoms with Crippen molar-refractivity contribution in [1.82, 2.24) is 4.90 Å². The van der Waals surface area contributed by atoms with Crippen molar-refractivity contribution in [2.24, 2.45) is 0 Å². The Morgan fingerprint density at radius 3 is 2.49 bits per heavy atom. The summed E-state index contributed by atoms with van der Waals surface area (Å²) in [5.41, 5.74) is 1.25. The Kier molecular flexibility index (Phi) is 8.32. The van der Waals surface area contributed by atoms with Crippen molar-refractivity contribution in [3.05, 3.63) is 92.3 Å². The summed E-state index contributed by atoms with van der Waals surface area (Å²) < 4.78 is 11.3. The summed E-state index contributed by atoms with van der Waals surface area (Å²) >= 11 is 10.2. The summed E-state index contributed by atoms with van der Waals surface area (Å²) in [6.07, 6.45) is 1.49. The molecule has 3 amide bonds. The van der Waals surface area contributed by atoms with Crippen LogP contribution in [0.2, 0.25) is 5.02 Å². The number of halogens is 2. The molecule has 8 nitrogen and oxygen atoms in total. The molecule has 1 aliphatic rings. The first-order chi connectivity index (χ1) is 17.8. The Morgan fingerprint density at radius 1 is 1.08 bits per heavy atom. The van der Waals surface area contributed by atoms with Crippen molar-refractivity contribution >= 4 is 74.1 Å².